The third-order valence-corrected chi connectivity index (χ3v) is 12.7. The van der Waals surface area contributed by atoms with E-state index in [4.69, 9.17) is 13.6 Å². The number of aliphatic carboxylic acids is 1. The molecule has 380 valence electrons. The molecule has 0 unspecified atom stereocenters. The minimum absolute atomic E-state index is 0.00966. The van der Waals surface area contributed by atoms with Gasteiger partial charge >= 0.3 is 17.9 Å². The van der Waals surface area contributed by atoms with Crippen LogP contribution in [0.3, 0.4) is 0 Å². The second-order valence-corrected chi connectivity index (χ2v) is 19.3. The number of hydrogen-bond acceptors (Lipinski definition) is 17. The normalized spacial score (nSPS) is 12.0. The van der Waals surface area contributed by atoms with Gasteiger partial charge in [0, 0.05) is 83.0 Å². The number of nitrogens with one attached hydrogen (secondary N) is 3. The molecular weight excluding hydrogens is 925 g/mol. The lowest BCUT2D eigenvalue weighted by atomic mass is 9.94. The molecule has 0 bridgehead atoms. The average Bonchev–Trinajstić information content (AvgIpc) is 3.60. The van der Waals surface area contributed by atoms with E-state index in [0.717, 1.165) is 33.4 Å². The molecule has 0 aliphatic heterocycles. The van der Waals surface area contributed by atoms with Crippen LogP contribution < -0.4 is 21.8 Å². The van der Waals surface area contributed by atoms with Crippen LogP contribution in [0.4, 0.5) is 4.79 Å². The predicted octanol–water partition coefficient (Wildman–Crippen LogP) is 3.38. The van der Waals surface area contributed by atoms with Crippen LogP contribution in [0.2, 0.25) is 0 Å². The van der Waals surface area contributed by atoms with Crippen molar-refractivity contribution in [1.29, 1.82) is 0 Å². The number of pyridine rings is 1. The van der Waals surface area contributed by atoms with Gasteiger partial charge in [0.15, 0.2) is 23.9 Å². The molecule has 4 N–H and O–H groups in total. The molecule has 0 fully saturated rings. The number of amides is 5. The molecule has 5 amide bonds. The fourth-order valence-electron chi connectivity index (χ4n) is 6.55. The molecule has 2 aromatic heterocycles. The molecule has 0 aliphatic rings. The van der Waals surface area contributed by atoms with Crippen molar-refractivity contribution in [3.63, 3.8) is 0 Å². The second-order valence-electron chi connectivity index (χ2n) is 16.9. The van der Waals surface area contributed by atoms with Gasteiger partial charge in [0.2, 0.25) is 23.6 Å². The number of nitrogens with zero attached hydrogens (tertiary/aromatic N) is 5. The Bertz CT molecular complexity index is 1990. The number of carboxylic acids is 1. The number of ketones is 2. The number of unbranched alkanes of at least 4 members (excludes halogenated alkanes) is 4. The monoisotopic (exact) mass is 994 g/mol. The number of hydrogen-bond donors (Lipinski definition) is 4. The Kier molecular flexibility index (Phi) is 28.1. The highest BCUT2D eigenvalue weighted by Crippen LogP contribution is 2.30. The zero-order valence-electron chi connectivity index (χ0n) is 40.4. The van der Waals surface area contributed by atoms with Crippen LogP contribution in [0.15, 0.2) is 37.0 Å². The van der Waals surface area contributed by atoms with Crippen LogP contribution in [0.25, 0.3) is 0 Å². The van der Waals surface area contributed by atoms with Crippen LogP contribution >= 0.6 is 21.6 Å². The number of rotatable bonds is 35. The van der Waals surface area contributed by atoms with Crippen molar-refractivity contribution in [1.82, 2.24) is 40.5 Å². The maximum atomic E-state index is 13.1. The number of carboxylic acid groups (broad SMARTS) is 1. The van der Waals surface area contributed by atoms with E-state index in [1.54, 1.807) is 38.9 Å². The summed E-state index contributed by atoms with van der Waals surface area (Å²) in [7, 11) is 13.1. The first kappa shape index (κ1) is 58.9. The quantitative estimate of drug-likeness (QED) is 0.0438. The number of Topliss-reactive ketones (excluding diaryl/α,β-unsaturated/α-hetero) is 2. The number of ether oxygens (including phenoxy) is 1. The Morgan fingerprint density at radius 2 is 1.46 bits per heavy atom. The molecule has 0 saturated heterocycles. The topological polar surface area (TPSA) is 271 Å². The van der Waals surface area contributed by atoms with Gasteiger partial charge in [-0.25, -0.2) is 14.6 Å². The van der Waals surface area contributed by atoms with Gasteiger partial charge in [0.05, 0.1) is 19.5 Å². The fourth-order valence-corrected chi connectivity index (χ4v) is 8.55. The van der Waals surface area contributed by atoms with E-state index in [1.807, 2.05) is 28.2 Å². The Morgan fingerprint density at radius 3 is 2.10 bits per heavy atom. The lowest BCUT2D eigenvalue weighted by Crippen LogP contribution is -2.50. The highest BCUT2D eigenvalue weighted by atomic mass is 33.1. The number of carbonyl (C=O) groups is 8. The third-order valence-electron chi connectivity index (χ3n) is 10.3. The minimum atomic E-state index is -1.26. The fraction of sp³-hybridized carbons (Fsp3) is 0.644. The SMILES string of the molecule is Cc1oc(=O)oc1COC(=O)N(C)CCNC(=O)[C@H](CC(=O)O)N(C)C(=O)CCCCCSSc1ccc(C(=O)CCCCNC(=O)[C@H](CCCCNC(=O)CN(C)C)CC(=O)CN(C)C)cn1. The number of aryl methyl sites for hydroxylation is 1. The lowest BCUT2D eigenvalue weighted by molar-refractivity contribution is -0.145. The molecular formula is C45H70N8O13S2. The van der Waals surface area contributed by atoms with E-state index >= 15 is 0 Å². The summed E-state index contributed by atoms with van der Waals surface area (Å²) in [6.07, 6.45) is 5.90. The van der Waals surface area contributed by atoms with Gasteiger partial charge in [-0.3, -0.25) is 33.6 Å². The van der Waals surface area contributed by atoms with E-state index in [9.17, 15) is 48.3 Å². The second kappa shape index (κ2) is 32.5. The highest BCUT2D eigenvalue weighted by Gasteiger charge is 2.29. The van der Waals surface area contributed by atoms with Gasteiger partial charge in [-0.05, 0) is 96.6 Å². The van der Waals surface area contributed by atoms with Crippen molar-refractivity contribution >= 4 is 68.8 Å². The molecule has 68 heavy (non-hydrogen) atoms. The summed E-state index contributed by atoms with van der Waals surface area (Å²) in [4.78, 5) is 122. The summed E-state index contributed by atoms with van der Waals surface area (Å²) >= 11 is 0. The van der Waals surface area contributed by atoms with Crippen LogP contribution in [0.5, 0.6) is 0 Å². The zero-order chi connectivity index (χ0) is 50.6. The van der Waals surface area contributed by atoms with Crippen LogP contribution in [0.1, 0.15) is 98.9 Å². The van der Waals surface area contributed by atoms with Gasteiger partial charge in [0.1, 0.15) is 16.9 Å². The standard InChI is InChI=1S/C45H70N8O13S2/c1-31-37(66-45(63)65-31)30-64-44(62)52(6)23-22-48-43(61)35(26-41(58)59)53(7)40(57)17-9-8-14-24-67-68-39-19-18-33(27-49-39)36(55)16-11-13-21-47-42(60)32(25-34(54)28-50(2)3)15-10-12-20-46-38(56)29-51(4)5/h18-19,27,32,35H,8-17,20-26,28-30H2,1-7H3,(H,46,56)(H,47,60)(H,48,61)(H,58,59)/t32-,35+/m1/s1. The van der Waals surface area contributed by atoms with Gasteiger partial charge in [-0.2, -0.15) is 0 Å². The first-order valence-corrected chi connectivity index (χ1v) is 25.0. The Hall–Kier alpha value is -5.26. The molecule has 21 nitrogen and oxygen atoms in total. The summed E-state index contributed by atoms with van der Waals surface area (Å²) in [5.74, 6) is -2.99. The summed E-state index contributed by atoms with van der Waals surface area (Å²) in [6.45, 7) is 2.57. The van der Waals surface area contributed by atoms with Gasteiger partial charge in [0.25, 0.3) is 0 Å². The summed E-state index contributed by atoms with van der Waals surface area (Å²) in [5.41, 5.74) is 0.500. The van der Waals surface area contributed by atoms with Crippen LogP contribution in [-0.4, -0.2) is 170 Å². The average molecular weight is 995 g/mol. The largest absolute Gasteiger partial charge is 0.519 e. The van der Waals surface area contributed by atoms with Gasteiger partial charge < -0.3 is 54.2 Å². The number of carbonyl (C=O) groups excluding carboxylic acids is 7. The highest BCUT2D eigenvalue weighted by molar-refractivity contribution is 8.76. The smallest absolute Gasteiger partial charge is 0.481 e. The molecule has 0 aliphatic carbocycles. The first-order valence-electron chi connectivity index (χ1n) is 22.6. The Morgan fingerprint density at radius 1 is 0.779 bits per heavy atom. The summed E-state index contributed by atoms with van der Waals surface area (Å²) in [5, 5.41) is 18.5. The molecule has 0 saturated carbocycles. The minimum Gasteiger partial charge on any atom is -0.481 e. The molecule has 0 aromatic carbocycles. The van der Waals surface area contributed by atoms with Gasteiger partial charge in [-0.15, -0.1) is 0 Å². The van der Waals surface area contributed by atoms with Crippen molar-refractivity contribution in [3.8, 4) is 0 Å². The molecule has 2 heterocycles. The molecule has 23 heteroatoms. The maximum Gasteiger partial charge on any atom is 0.519 e. The summed E-state index contributed by atoms with van der Waals surface area (Å²) in [6, 6.07) is 2.27. The molecule has 0 spiro atoms. The van der Waals surface area contributed by atoms with E-state index in [-0.39, 0.29) is 79.9 Å². The van der Waals surface area contributed by atoms with E-state index in [2.05, 4.69) is 20.9 Å². The summed E-state index contributed by atoms with van der Waals surface area (Å²) < 4.78 is 14.6. The Labute approximate surface area is 406 Å². The van der Waals surface area contributed by atoms with E-state index in [1.165, 1.54) is 31.8 Å². The Balaban J connectivity index is 1.66. The van der Waals surface area contributed by atoms with Crippen molar-refractivity contribution in [3.05, 3.63) is 46.0 Å². The molecule has 2 rings (SSSR count). The van der Waals surface area contributed by atoms with Crippen molar-refractivity contribution in [2.24, 2.45) is 5.92 Å². The molecule has 2 atom stereocenters. The molecule has 2 aromatic rings. The lowest BCUT2D eigenvalue weighted by Gasteiger charge is -2.26. The molecule has 0 radical (unpaired) electrons. The number of aromatic nitrogens is 1. The van der Waals surface area contributed by atoms with Crippen molar-refractivity contribution in [2.75, 3.05) is 87.3 Å². The van der Waals surface area contributed by atoms with Gasteiger partial charge in [-0.1, -0.05) is 23.6 Å². The van der Waals surface area contributed by atoms with Crippen molar-refractivity contribution in [2.45, 2.75) is 102 Å². The predicted molar refractivity (Wildman–Crippen MR) is 256 cm³/mol. The van der Waals surface area contributed by atoms with Crippen LogP contribution in [0, 0.1) is 12.8 Å². The van der Waals surface area contributed by atoms with E-state index in [0.29, 0.717) is 70.1 Å². The third kappa shape index (κ3) is 24.7. The number of likely N-dealkylation sites (N-methyl/N-ethyl adjacent to an activating group) is 4. The maximum absolute atomic E-state index is 13.1. The zero-order valence-corrected chi connectivity index (χ0v) is 42.1. The van der Waals surface area contributed by atoms with Crippen LogP contribution in [-0.2, 0) is 40.1 Å². The first-order chi connectivity index (χ1) is 32.3. The van der Waals surface area contributed by atoms with Crippen molar-refractivity contribution < 1.29 is 57.0 Å². The van der Waals surface area contributed by atoms with E-state index < -0.39 is 42.2 Å².